The van der Waals surface area contributed by atoms with Crippen LogP contribution >= 0.6 is 24.8 Å². The molecule has 0 aromatic carbocycles. The zero-order valence-corrected chi connectivity index (χ0v) is 23.0. The Morgan fingerprint density at radius 2 is 1.19 bits per heavy atom. The standard InChI is InChI=1S/2C10H15.C2H7Si.2ClH.Zr/c2*1-3-4-5-10-7-6-9(2)8-10;1-3-2;;;/h2*8H,3-5,7H2,1-2H3;3H,1-2H3;2*1H;. The molecular formula is C22H39Cl2SiZr. The van der Waals surface area contributed by atoms with Gasteiger partial charge in [0.15, 0.2) is 0 Å². The van der Waals surface area contributed by atoms with Crippen LogP contribution in [0, 0.1) is 0 Å². The molecule has 0 radical (unpaired) electrons. The Kier molecular flexibility index (Phi) is 13.3. The molecule has 4 heteroatoms. The number of hydrogen-bond donors (Lipinski definition) is 0. The van der Waals surface area contributed by atoms with Gasteiger partial charge in [-0.05, 0) is 0 Å². The van der Waals surface area contributed by atoms with Crippen molar-refractivity contribution in [3.63, 3.8) is 0 Å². The minimum Gasteiger partial charge on any atom is -0.147 e. The summed E-state index contributed by atoms with van der Waals surface area (Å²) in [5.41, 5.74) is 6.85. The minimum absolute atomic E-state index is 0. The van der Waals surface area contributed by atoms with Gasteiger partial charge in [-0.15, -0.1) is 24.8 Å². The summed E-state index contributed by atoms with van der Waals surface area (Å²) in [4.78, 5) is 0. The van der Waals surface area contributed by atoms with Crippen molar-refractivity contribution in [1.82, 2.24) is 0 Å². The second-order valence-electron chi connectivity index (χ2n) is 8.06. The molecule has 0 atom stereocenters. The van der Waals surface area contributed by atoms with Gasteiger partial charge < -0.3 is 0 Å². The van der Waals surface area contributed by atoms with Crippen LogP contribution in [0.5, 0.6) is 0 Å². The van der Waals surface area contributed by atoms with Crippen LogP contribution in [-0.2, 0) is 20.9 Å². The molecule has 0 nitrogen and oxygen atoms in total. The first kappa shape index (κ1) is 26.6. The first-order valence-electron chi connectivity index (χ1n) is 10.1. The van der Waals surface area contributed by atoms with Crippen molar-refractivity contribution >= 4 is 30.7 Å². The molecule has 149 valence electrons. The van der Waals surface area contributed by atoms with Crippen LogP contribution in [0.25, 0.3) is 0 Å². The van der Waals surface area contributed by atoms with Crippen molar-refractivity contribution in [1.29, 1.82) is 0 Å². The Bertz CT molecular complexity index is 537. The summed E-state index contributed by atoms with van der Waals surface area (Å²) in [5.74, 6) is -0.563. The van der Waals surface area contributed by atoms with E-state index in [0.717, 1.165) is 0 Å². The van der Waals surface area contributed by atoms with E-state index in [1.54, 1.807) is 22.3 Å². The fourth-order valence-electron chi connectivity index (χ4n) is 4.24. The van der Waals surface area contributed by atoms with Gasteiger partial charge in [0, 0.05) is 0 Å². The summed E-state index contributed by atoms with van der Waals surface area (Å²) in [6.45, 7) is 14.8. The Morgan fingerprint density at radius 1 is 0.808 bits per heavy atom. The van der Waals surface area contributed by atoms with Crippen molar-refractivity contribution in [3.05, 3.63) is 41.0 Å². The Balaban J connectivity index is 0.00000312. The quantitative estimate of drug-likeness (QED) is 0.285. The predicted octanol–water partition coefficient (Wildman–Crippen LogP) is 8.02. The van der Waals surface area contributed by atoms with Gasteiger partial charge in [0.05, 0.1) is 0 Å². The summed E-state index contributed by atoms with van der Waals surface area (Å²) in [7, 11) is 0. The van der Waals surface area contributed by atoms with Gasteiger partial charge in [0.1, 0.15) is 0 Å². The van der Waals surface area contributed by atoms with Gasteiger partial charge in [-0.25, -0.2) is 0 Å². The molecule has 0 N–H and O–H groups in total. The maximum Gasteiger partial charge on any atom is -0.147 e. The van der Waals surface area contributed by atoms with Gasteiger partial charge in [-0.3, -0.25) is 0 Å². The smallest absolute Gasteiger partial charge is 0.147 e. The van der Waals surface area contributed by atoms with E-state index in [0.29, 0.717) is 0 Å². The summed E-state index contributed by atoms with van der Waals surface area (Å²) < 4.78 is 3.95. The molecule has 0 saturated heterocycles. The molecule has 0 aromatic rings. The average molecular weight is 494 g/mol. The third-order valence-electron chi connectivity index (χ3n) is 5.53. The fraction of sp³-hybridized carbons (Fsp3) is 0.636. The number of hydrogen-bond acceptors (Lipinski definition) is 0. The maximum atomic E-state index is 2.64. The van der Waals surface area contributed by atoms with Crippen LogP contribution in [-0.4, -0.2) is 5.92 Å². The number of halogens is 2. The molecule has 0 bridgehead atoms. The molecule has 0 aliphatic heterocycles. The van der Waals surface area contributed by atoms with E-state index in [2.05, 4.69) is 52.9 Å². The van der Waals surface area contributed by atoms with Crippen molar-refractivity contribution in [3.8, 4) is 0 Å². The fourth-order valence-corrected chi connectivity index (χ4v) is 25.2. The normalized spacial score (nSPS) is 16.6. The monoisotopic (exact) mass is 491 g/mol. The average Bonchev–Trinajstić information content (AvgIpc) is 3.07. The maximum absolute atomic E-state index is 2.64. The second-order valence-corrected chi connectivity index (χ2v) is 27.3. The molecule has 2 rings (SSSR count). The first-order chi connectivity index (χ1) is 11.5. The second kappa shape index (κ2) is 13.0. The molecule has 2 aliphatic rings. The van der Waals surface area contributed by atoms with Crippen molar-refractivity contribution in [2.75, 3.05) is 0 Å². The molecule has 0 amide bonds. The van der Waals surface area contributed by atoms with E-state index in [1.807, 2.05) is 6.56 Å². The summed E-state index contributed by atoms with van der Waals surface area (Å²) in [6.07, 6.45) is 15.9. The van der Waals surface area contributed by atoms with E-state index in [1.165, 1.54) is 51.4 Å². The predicted molar refractivity (Wildman–Crippen MR) is 123 cm³/mol. The van der Waals surface area contributed by atoms with Gasteiger partial charge in [0.25, 0.3) is 0 Å². The Labute approximate surface area is 183 Å². The van der Waals surface area contributed by atoms with E-state index in [4.69, 9.17) is 0 Å². The van der Waals surface area contributed by atoms with Gasteiger partial charge >= 0.3 is 160 Å². The zero-order chi connectivity index (χ0) is 17.7. The summed E-state index contributed by atoms with van der Waals surface area (Å²) in [6, 6.07) is 0. The molecule has 0 aromatic heterocycles. The molecule has 0 spiro atoms. The summed E-state index contributed by atoms with van der Waals surface area (Å²) >= 11 is -1.57. The van der Waals surface area contributed by atoms with E-state index in [-0.39, 0.29) is 24.8 Å². The largest absolute Gasteiger partial charge is 0.147 e. The number of unbranched alkanes of at least 4 members (excludes halogenated alkanes) is 2. The minimum atomic E-state index is -1.57. The first-order valence-corrected chi connectivity index (χ1v) is 19.7. The third kappa shape index (κ3) is 6.91. The van der Waals surface area contributed by atoms with Crippen molar-refractivity contribution in [2.24, 2.45) is 0 Å². The SMILES string of the molecule is CCCCC1=CC(C)=[C]([Zr]([C]2=C(C)C=C(CCCC)C2)[SiH](C)C)C1.Cl.Cl. The van der Waals surface area contributed by atoms with Crippen LogP contribution in [0.15, 0.2) is 41.0 Å². The molecule has 2 aliphatic carbocycles. The van der Waals surface area contributed by atoms with Crippen molar-refractivity contribution in [2.45, 2.75) is 92.2 Å². The molecular weight excluding hydrogens is 454 g/mol. The van der Waals surface area contributed by atoms with Crippen LogP contribution < -0.4 is 0 Å². The van der Waals surface area contributed by atoms with Gasteiger partial charge in [-0.1, -0.05) is 0 Å². The molecule has 0 unspecified atom stereocenters. The Hall–Kier alpha value is 0.640. The third-order valence-corrected chi connectivity index (χ3v) is 25.3. The molecule has 0 fully saturated rings. The molecule has 0 heterocycles. The van der Waals surface area contributed by atoms with E-state index < -0.39 is 26.8 Å². The van der Waals surface area contributed by atoms with Crippen LogP contribution in [0.2, 0.25) is 13.1 Å². The topological polar surface area (TPSA) is 0 Å². The molecule has 26 heavy (non-hydrogen) atoms. The number of rotatable bonds is 9. The Morgan fingerprint density at radius 3 is 1.50 bits per heavy atom. The van der Waals surface area contributed by atoms with Crippen molar-refractivity contribution < 1.29 is 20.9 Å². The van der Waals surface area contributed by atoms with Crippen LogP contribution in [0.4, 0.5) is 0 Å². The van der Waals surface area contributed by atoms with Gasteiger partial charge in [0.2, 0.25) is 0 Å². The van der Waals surface area contributed by atoms with Crippen LogP contribution in [0.3, 0.4) is 0 Å². The molecule has 0 saturated carbocycles. The van der Waals surface area contributed by atoms with Gasteiger partial charge in [-0.2, -0.15) is 0 Å². The number of allylic oxidation sites excluding steroid dienone is 8. The summed E-state index contributed by atoms with van der Waals surface area (Å²) in [5, 5.41) is 0. The van der Waals surface area contributed by atoms with E-state index >= 15 is 0 Å². The zero-order valence-electron chi connectivity index (χ0n) is 17.7. The van der Waals surface area contributed by atoms with E-state index in [9.17, 15) is 0 Å². The van der Waals surface area contributed by atoms with Crippen LogP contribution in [0.1, 0.15) is 79.1 Å².